The second-order valence-corrected chi connectivity index (χ2v) is 6.62. The molecular formula is C14H25NO2. The average molecular weight is 239 g/mol. The Morgan fingerprint density at radius 2 is 1.94 bits per heavy atom. The van der Waals surface area contributed by atoms with Gasteiger partial charge in [-0.25, -0.2) is 0 Å². The molecule has 0 radical (unpaired) electrons. The highest BCUT2D eigenvalue weighted by molar-refractivity contribution is 5.74. The summed E-state index contributed by atoms with van der Waals surface area (Å²) in [5.74, 6) is 0.145. The minimum absolute atomic E-state index is 0.0286. The number of ether oxygens (including phenoxy) is 1. The number of carbonyl (C=O) groups excluding carboxylic acids is 1. The SMILES string of the molecule is CC(C)(C)OC(=O)C1CCNCC12CCCC2. The number of carbonyl (C=O) groups is 1. The molecule has 0 amide bonds. The van der Waals surface area contributed by atoms with Crippen molar-refractivity contribution in [3.63, 3.8) is 0 Å². The Kier molecular flexibility index (Phi) is 3.48. The summed E-state index contributed by atoms with van der Waals surface area (Å²) < 4.78 is 5.60. The zero-order chi connectivity index (χ0) is 12.5. The lowest BCUT2D eigenvalue weighted by molar-refractivity contribution is -0.166. The molecule has 1 unspecified atom stereocenters. The Labute approximate surface area is 104 Å². The van der Waals surface area contributed by atoms with Gasteiger partial charge in [0.2, 0.25) is 0 Å². The first-order chi connectivity index (χ1) is 7.93. The summed E-state index contributed by atoms with van der Waals surface area (Å²) in [4.78, 5) is 12.3. The summed E-state index contributed by atoms with van der Waals surface area (Å²) in [5, 5.41) is 3.46. The largest absolute Gasteiger partial charge is 0.460 e. The van der Waals surface area contributed by atoms with Crippen molar-refractivity contribution < 1.29 is 9.53 Å². The fraction of sp³-hybridized carbons (Fsp3) is 0.929. The van der Waals surface area contributed by atoms with Crippen molar-refractivity contribution in [3.05, 3.63) is 0 Å². The van der Waals surface area contributed by atoms with E-state index < -0.39 is 0 Å². The highest BCUT2D eigenvalue weighted by atomic mass is 16.6. The van der Waals surface area contributed by atoms with Gasteiger partial charge in [0.15, 0.2) is 0 Å². The van der Waals surface area contributed by atoms with E-state index >= 15 is 0 Å². The van der Waals surface area contributed by atoms with Crippen molar-refractivity contribution >= 4 is 5.97 Å². The lowest BCUT2D eigenvalue weighted by Gasteiger charge is -2.41. The van der Waals surface area contributed by atoms with Gasteiger partial charge in [0.05, 0.1) is 5.92 Å². The van der Waals surface area contributed by atoms with Crippen molar-refractivity contribution in [1.29, 1.82) is 0 Å². The van der Waals surface area contributed by atoms with Gasteiger partial charge in [-0.15, -0.1) is 0 Å². The standard InChI is InChI=1S/C14H25NO2/c1-13(2,3)17-12(16)11-6-9-15-10-14(11)7-4-5-8-14/h11,15H,4-10H2,1-3H3. The molecule has 0 aromatic carbocycles. The lowest BCUT2D eigenvalue weighted by atomic mass is 9.70. The van der Waals surface area contributed by atoms with Crippen LogP contribution in [0.3, 0.4) is 0 Å². The first kappa shape index (κ1) is 12.9. The molecule has 2 fully saturated rings. The smallest absolute Gasteiger partial charge is 0.310 e. The normalized spacial score (nSPS) is 28.3. The molecule has 17 heavy (non-hydrogen) atoms. The Bertz CT molecular complexity index is 287. The molecular weight excluding hydrogens is 214 g/mol. The summed E-state index contributed by atoms with van der Waals surface area (Å²) in [5.41, 5.74) is -0.164. The van der Waals surface area contributed by atoms with E-state index in [9.17, 15) is 4.79 Å². The number of rotatable bonds is 1. The van der Waals surface area contributed by atoms with Crippen LogP contribution in [0.4, 0.5) is 0 Å². The Morgan fingerprint density at radius 1 is 1.29 bits per heavy atom. The van der Waals surface area contributed by atoms with Gasteiger partial charge in [0, 0.05) is 6.54 Å². The van der Waals surface area contributed by atoms with Crippen LogP contribution in [0.2, 0.25) is 0 Å². The van der Waals surface area contributed by atoms with E-state index in [0.29, 0.717) is 0 Å². The number of hydrogen-bond donors (Lipinski definition) is 1. The molecule has 0 aromatic heterocycles. The van der Waals surface area contributed by atoms with E-state index in [1.54, 1.807) is 0 Å². The third-order valence-corrected chi connectivity index (χ3v) is 4.12. The van der Waals surface area contributed by atoms with Gasteiger partial charge in [0.25, 0.3) is 0 Å². The van der Waals surface area contributed by atoms with Crippen molar-refractivity contribution in [2.24, 2.45) is 11.3 Å². The molecule has 98 valence electrons. The van der Waals surface area contributed by atoms with Crippen LogP contribution < -0.4 is 5.32 Å². The van der Waals surface area contributed by atoms with E-state index in [2.05, 4.69) is 5.32 Å². The molecule has 3 heteroatoms. The predicted molar refractivity (Wildman–Crippen MR) is 67.7 cm³/mol. The van der Waals surface area contributed by atoms with Crippen LogP contribution in [-0.4, -0.2) is 24.7 Å². The summed E-state index contributed by atoms with van der Waals surface area (Å²) in [6.45, 7) is 7.80. The van der Waals surface area contributed by atoms with Crippen LogP contribution in [-0.2, 0) is 9.53 Å². The fourth-order valence-electron chi connectivity index (χ4n) is 3.36. The van der Waals surface area contributed by atoms with Crippen LogP contribution in [0.5, 0.6) is 0 Å². The first-order valence-electron chi connectivity index (χ1n) is 6.87. The van der Waals surface area contributed by atoms with Gasteiger partial charge >= 0.3 is 5.97 Å². The summed E-state index contributed by atoms with van der Waals surface area (Å²) in [7, 11) is 0. The van der Waals surface area contributed by atoms with Crippen LogP contribution in [0, 0.1) is 11.3 Å². The maximum Gasteiger partial charge on any atom is 0.310 e. The van der Waals surface area contributed by atoms with E-state index in [1.807, 2.05) is 20.8 Å². The van der Waals surface area contributed by atoms with Gasteiger partial charge in [-0.05, 0) is 52.0 Å². The first-order valence-corrected chi connectivity index (χ1v) is 6.87. The molecule has 1 N–H and O–H groups in total. The fourth-order valence-corrected chi connectivity index (χ4v) is 3.36. The summed E-state index contributed by atoms with van der Waals surface area (Å²) in [6, 6.07) is 0. The van der Waals surface area contributed by atoms with E-state index in [1.165, 1.54) is 25.7 Å². The number of hydrogen-bond acceptors (Lipinski definition) is 3. The second-order valence-electron chi connectivity index (χ2n) is 6.62. The van der Waals surface area contributed by atoms with E-state index in [4.69, 9.17) is 4.74 Å². The zero-order valence-corrected chi connectivity index (χ0v) is 11.3. The Balaban J connectivity index is 2.08. The van der Waals surface area contributed by atoms with Crippen molar-refractivity contribution in [1.82, 2.24) is 5.32 Å². The number of piperidine rings is 1. The highest BCUT2D eigenvalue weighted by Crippen LogP contribution is 2.47. The molecule has 1 aliphatic carbocycles. The van der Waals surface area contributed by atoms with Crippen LogP contribution in [0.15, 0.2) is 0 Å². The molecule has 2 rings (SSSR count). The van der Waals surface area contributed by atoms with Crippen molar-refractivity contribution in [2.75, 3.05) is 13.1 Å². The summed E-state index contributed by atoms with van der Waals surface area (Å²) >= 11 is 0. The van der Waals surface area contributed by atoms with Crippen molar-refractivity contribution in [2.45, 2.75) is 58.5 Å². The molecule has 1 saturated heterocycles. The molecule has 2 aliphatic rings. The molecule has 0 bridgehead atoms. The minimum atomic E-state index is -0.359. The zero-order valence-electron chi connectivity index (χ0n) is 11.3. The van der Waals surface area contributed by atoms with Gasteiger partial charge < -0.3 is 10.1 Å². The van der Waals surface area contributed by atoms with Gasteiger partial charge in [-0.1, -0.05) is 12.8 Å². The quantitative estimate of drug-likeness (QED) is 0.714. The number of esters is 1. The topological polar surface area (TPSA) is 38.3 Å². The van der Waals surface area contributed by atoms with E-state index in [-0.39, 0.29) is 22.9 Å². The molecule has 3 nitrogen and oxygen atoms in total. The molecule has 1 spiro atoms. The predicted octanol–water partition coefficient (Wildman–Crippen LogP) is 2.50. The molecule has 1 heterocycles. The second kappa shape index (κ2) is 4.60. The van der Waals surface area contributed by atoms with E-state index in [0.717, 1.165) is 19.5 Å². The third kappa shape index (κ3) is 2.82. The van der Waals surface area contributed by atoms with Crippen LogP contribution in [0.1, 0.15) is 52.9 Å². The van der Waals surface area contributed by atoms with Gasteiger partial charge in [-0.2, -0.15) is 0 Å². The molecule has 1 atom stereocenters. The monoisotopic (exact) mass is 239 g/mol. The lowest BCUT2D eigenvalue weighted by Crippen LogP contribution is -2.49. The Hall–Kier alpha value is -0.570. The van der Waals surface area contributed by atoms with Crippen LogP contribution >= 0.6 is 0 Å². The maximum atomic E-state index is 12.3. The third-order valence-electron chi connectivity index (χ3n) is 4.12. The van der Waals surface area contributed by atoms with Gasteiger partial charge in [0.1, 0.15) is 5.60 Å². The maximum absolute atomic E-state index is 12.3. The van der Waals surface area contributed by atoms with Crippen LogP contribution in [0.25, 0.3) is 0 Å². The van der Waals surface area contributed by atoms with Gasteiger partial charge in [-0.3, -0.25) is 4.79 Å². The molecule has 0 aromatic rings. The minimum Gasteiger partial charge on any atom is -0.460 e. The molecule has 1 aliphatic heterocycles. The molecule has 1 saturated carbocycles. The summed E-state index contributed by atoms with van der Waals surface area (Å²) in [6.07, 6.45) is 5.84. The highest BCUT2D eigenvalue weighted by Gasteiger charge is 2.47. The van der Waals surface area contributed by atoms with Crippen molar-refractivity contribution in [3.8, 4) is 0 Å². The Morgan fingerprint density at radius 3 is 2.53 bits per heavy atom. The number of nitrogens with one attached hydrogen (secondary N) is 1. The average Bonchev–Trinajstić information content (AvgIpc) is 2.65.